The summed E-state index contributed by atoms with van der Waals surface area (Å²) in [5.74, 6) is 6.02. The van der Waals surface area contributed by atoms with E-state index < -0.39 is 0 Å². The highest BCUT2D eigenvalue weighted by atomic mass is 16.5. The normalized spacial score (nSPS) is 9.96. The predicted molar refractivity (Wildman–Crippen MR) is 94.1 cm³/mol. The lowest BCUT2D eigenvalue weighted by Crippen LogP contribution is -2.24. The summed E-state index contributed by atoms with van der Waals surface area (Å²) in [5.41, 5.74) is 2.63. The molecule has 2 heterocycles. The van der Waals surface area contributed by atoms with Gasteiger partial charge >= 0.3 is 0 Å². The van der Waals surface area contributed by atoms with Gasteiger partial charge in [0.15, 0.2) is 0 Å². The van der Waals surface area contributed by atoms with Crippen LogP contribution < -0.4 is 10.1 Å². The third kappa shape index (κ3) is 4.52. The lowest BCUT2D eigenvalue weighted by Gasteiger charge is -2.02. The Morgan fingerprint density at radius 1 is 1.08 bits per heavy atom. The van der Waals surface area contributed by atoms with Crippen LogP contribution in [0.2, 0.25) is 0 Å². The van der Waals surface area contributed by atoms with Gasteiger partial charge in [0.05, 0.1) is 30.0 Å². The maximum absolute atomic E-state index is 12.1. The Hall–Kier alpha value is -3.46. The summed E-state index contributed by atoms with van der Waals surface area (Å²) in [6.45, 7) is 2.35. The van der Waals surface area contributed by atoms with Crippen LogP contribution in [0.1, 0.15) is 16.2 Å². The van der Waals surface area contributed by atoms with Crippen LogP contribution in [0.5, 0.6) is 5.75 Å². The quantitative estimate of drug-likeness (QED) is 0.741. The molecule has 0 saturated carbocycles. The Morgan fingerprint density at radius 3 is 2.72 bits per heavy atom. The van der Waals surface area contributed by atoms with E-state index in [0.717, 1.165) is 11.2 Å². The summed E-state index contributed by atoms with van der Waals surface area (Å²) in [6.07, 6.45) is 3.11. The monoisotopic (exact) mass is 332 g/mol. The first-order chi connectivity index (χ1) is 12.2. The molecule has 2 aromatic heterocycles. The van der Waals surface area contributed by atoms with Gasteiger partial charge in [-0.15, -0.1) is 0 Å². The maximum Gasteiger partial charge on any atom is 0.272 e. The highest BCUT2D eigenvalue weighted by Crippen LogP contribution is 2.08. The zero-order valence-electron chi connectivity index (χ0n) is 13.7. The number of hydrogen-bond acceptors (Lipinski definition) is 5. The second kappa shape index (κ2) is 7.88. The Morgan fingerprint density at radius 2 is 1.92 bits per heavy atom. The number of aromatic nitrogens is 3. The van der Waals surface area contributed by atoms with Crippen molar-refractivity contribution in [1.82, 2.24) is 20.3 Å². The molecule has 0 aliphatic carbocycles. The first kappa shape index (κ1) is 16.4. The van der Waals surface area contributed by atoms with E-state index in [-0.39, 0.29) is 24.8 Å². The molecule has 1 N–H and O–H groups in total. The van der Waals surface area contributed by atoms with E-state index in [1.807, 2.05) is 43.3 Å². The van der Waals surface area contributed by atoms with Crippen molar-refractivity contribution in [2.75, 3.05) is 13.2 Å². The molecule has 1 amide bonds. The number of carbonyl (C=O) groups excluding carboxylic acids is 1. The number of amides is 1. The molecule has 0 fully saturated rings. The van der Waals surface area contributed by atoms with Crippen molar-refractivity contribution >= 4 is 16.9 Å². The van der Waals surface area contributed by atoms with Gasteiger partial charge in [0.1, 0.15) is 18.1 Å². The molecule has 0 atom stereocenters. The summed E-state index contributed by atoms with van der Waals surface area (Å²) >= 11 is 0. The van der Waals surface area contributed by atoms with Crippen LogP contribution in [-0.2, 0) is 0 Å². The van der Waals surface area contributed by atoms with Crippen LogP contribution in [0.15, 0.2) is 48.8 Å². The van der Waals surface area contributed by atoms with Crippen LogP contribution in [-0.4, -0.2) is 34.0 Å². The molecule has 0 bridgehead atoms. The highest BCUT2D eigenvalue weighted by Gasteiger charge is 2.07. The molecule has 0 aliphatic rings. The van der Waals surface area contributed by atoms with Crippen molar-refractivity contribution in [3.63, 3.8) is 0 Å². The van der Waals surface area contributed by atoms with E-state index in [0.29, 0.717) is 11.3 Å². The number of benzene rings is 1. The zero-order valence-corrected chi connectivity index (χ0v) is 13.7. The maximum atomic E-state index is 12.1. The molecule has 6 nitrogen and oxygen atoms in total. The van der Waals surface area contributed by atoms with Crippen molar-refractivity contribution in [3.8, 4) is 17.6 Å². The predicted octanol–water partition coefficient (Wildman–Crippen LogP) is 2.15. The first-order valence-electron chi connectivity index (χ1n) is 7.73. The third-order valence-electron chi connectivity index (χ3n) is 3.34. The lowest BCUT2D eigenvalue weighted by atomic mass is 10.3. The van der Waals surface area contributed by atoms with Gasteiger partial charge in [0, 0.05) is 5.69 Å². The molecule has 3 rings (SSSR count). The van der Waals surface area contributed by atoms with Gasteiger partial charge in [-0.05, 0) is 31.2 Å². The first-order valence-corrected chi connectivity index (χ1v) is 7.73. The van der Waals surface area contributed by atoms with Crippen LogP contribution >= 0.6 is 0 Å². The molecule has 0 saturated heterocycles. The summed E-state index contributed by atoms with van der Waals surface area (Å²) in [6, 6.07) is 11.1. The van der Waals surface area contributed by atoms with Crippen LogP contribution in [0, 0.1) is 18.8 Å². The molecular weight excluding hydrogens is 316 g/mol. The topological polar surface area (TPSA) is 77.0 Å². The average Bonchev–Trinajstić information content (AvgIpc) is 2.65. The van der Waals surface area contributed by atoms with Gasteiger partial charge in [0.2, 0.25) is 0 Å². The molecule has 0 radical (unpaired) electrons. The smallest absolute Gasteiger partial charge is 0.272 e. The number of rotatable bonds is 4. The summed E-state index contributed by atoms with van der Waals surface area (Å²) in [5, 5.41) is 2.69. The van der Waals surface area contributed by atoms with Gasteiger partial charge in [-0.25, -0.2) is 4.98 Å². The minimum absolute atomic E-state index is 0.211. The largest absolute Gasteiger partial charge is 0.479 e. The second-order valence-electron chi connectivity index (χ2n) is 5.20. The van der Waals surface area contributed by atoms with Crippen molar-refractivity contribution in [1.29, 1.82) is 0 Å². The van der Waals surface area contributed by atoms with Crippen molar-refractivity contribution in [3.05, 3.63) is 60.2 Å². The Bertz CT molecular complexity index is 943. The van der Waals surface area contributed by atoms with Crippen molar-refractivity contribution < 1.29 is 9.53 Å². The number of pyridine rings is 1. The van der Waals surface area contributed by atoms with E-state index in [1.54, 1.807) is 6.20 Å². The second-order valence-corrected chi connectivity index (χ2v) is 5.20. The molecule has 124 valence electrons. The molecular formula is C19H16N4O2. The fourth-order valence-electron chi connectivity index (χ4n) is 2.05. The zero-order chi connectivity index (χ0) is 17.5. The minimum atomic E-state index is -0.309. The Labute approximate surface area is 145 Å². The van der Waals surface area contributed by atoms with Crippen LogP contribution in [0.4, 0.5) is 0 Å². The average molecular weight is 332 g/mol. The molecule has 0 unspecified atom stereocenters. The van der Waals surface area contributed by atoms with Gasteiger partial charge < -0.3 is 10.1 Å². The Kier molecular flexibility index (Phi) is 5.17. The van der Waals surface area contributed by atoms with Gasteiger partial charge in [-0.2, -0.15) is 0 Å². The summed E-state index contributed by atoms with van der Waals surface area (Å²) < 4.78 is 5.43. The van der Waals surface area contributed by atoms with E-state index in [2.05, 4.69) is 32.1 Å². The molecule has 0 spiro atoms. The fraction of sp³-hybridized carbons (Fsp3) is 0.158. The van der Waals surface area contributed by atoms with Gasteiger partial charge in [-0.1, -0.05) is 24.0 Å². The lowest BCUT2D eigenvalue weighted by molar-refractivity contribution is 0.0953. The number of hydrogen-bond donors (Lipinski definition) is 1. The molecule has 0 aliphatic heterocycles. The number of ether oxygens (including phenoxy) is 1. The highest BCUT2D eigenvalue weighted by molar-refractivity contribution is 5.93. The summed E-state index contributed by atoms with van der Waals surface area (Å²) in [7, 11) is 0. The number of nitrogens with zero attached hydrogens (tertiary/aromatic N) is 3. The van der Waals surface area contributed by atoms with E-state index in [4.69, 9.17) is 4.74 Å². The Balaban J connectivity index is 1.48. The number of aryl methyl sites for hydroxylation is 1. The van der Waals surface area contributed by atoms with Crippen molar-refractivity contribution in [2.45, 2.75) is 6.92 Å². The number of nitrogens with one attached hydrogen (secondary N) is 1. The SMILES string of the molecule is Cc1ccc(OCC#CCNC(=O)c2cnc3ccccc3n2)cn1. The fourth-order valence-corrected chi connectivity index (χ4v) is 2.05. The number of fused-ring (bicyclic) bond motifs is 1. The van der Waals surface area contributed by atoms with Gasteiger partial charge in [-0.3, -0.25) is 14.8 Å². The molecule has 25 heavy (non-hydrogen) atoms. The van der Waals surface area contributed by atoms with Crippen LogP contribution in [0.3, 0.4) is 0 Å². The van der Waals surface area contributed by atoms with E-state index in [1.165, 1.54) is 6.20 Å². The number of carbonyl (C=O) groups is 1. The van der Waals surface area contributed by atoms with Gasteiger partial charge in [0.25, 0.3) is 5.91 Å². The third-order valence-corrected chi connectivity index (χ3v) is 3.34. The molecule has 6 heteroatoms. The van der Waals surface area contributed by atoms with Crippen molar-refractivity contribution in [2.24, 2.45) is 0 Å². The molecule has 1 aromatic carbocycles. The standard InChI is InChI=1S/C19H16N4O2/c1-14-8-9-15(12-21-14)25-11-5-4-10-20-19(24)18-13-22-16-6-2-3-7-17(16)23-18/h2-3,6-9,12-13H,10-11H2,1H3,(H,20,24). The minimum Gasteiger partial charge on any atom is -0.479 e. The summed E-state index contributed by atoms with van der Waals surface area (Å²) in [4.78, 5) is 24.7. The number of para-hydroxylation sites is 2. The van der Waals surface area contributed by atoms with Crippen LogP contribution in [0.25, 0.3) is 11.0 Å². The van der Waals surface area contributed by atoms with E-state index >= 15 is 0 Å². The van der Waals surface area contributed by atoms with E-state index in [9.17, 15) is 4.79 Å². The molecule has 3 aromatic rings.